The quantitative estimate of drug-likeness (QED) is 0.580. The molecule has 0 fully saturated rings. The van der Waals surface area contributed by atoms with Crippen molar-refractivity contribution in [2.75, 3.05) is 25.5 Å². The second-order valence-electron chi connectivity index (χ2n) is 5.14. The zero-order valence-electron chi connectivity index (χ0n) is 13.6. The minimum absolute atomic E-state index is 0.0579. The van der Waals surface area contributed by atoms with Gasteiger partial charge in [-0.25, -0.2) is 4.98 Å². The molecule has 0 aliphatic rings. The van der Waals surface area contributed by atoms with E-state index in [1.807, 2.05) is 36.4 Å². The fourth-order valence-corrected chi connectivity index (χ4v) is 2.20. The number of ether oxygens (including phenoxy) is 1. The van der Waals surface area contributed by atoms with Crippen molar-refractivity contribution in [3.63, 3.8) is 0 Å². The van der Waals surface area contributed by atoms with E-state index in [4.69, 9.17) is 4.74 Å². The molecule has 0 aliphatic heterocycles. The van der Waals surface area contributed by atoms with Crippen molar-refractivity contribution in [1.29, 1.82) is 0 Å². The molecule has 0 saturated carbocycles. The minimum Gasteiger partial charge on any atom is -0.481 e. The maximum atomic E-state index is 11.6. The van der Waals surface area contributed by atoms with Gasteiger partial charge in [0.05, 0.1) is 12.6 Å². The van der Waals surface area contributed by atoms with Gasteiger partial charge in [-0.2, -0.15) is 0 Å². The third kappa shape index (κ3) is 4.98. The van der Waals surface area contributed by atoms with Gasteiger partial charge in [0.25, 0.3) is 0 Å². The van der Waals surface area contributed by atoms with Gasteiger partial charge in [-0.3, -0.25) is 4.79 Å². The Balaban J connectivity index is 1.93. The monoisotopic (exact) mass is 313 g/mol. The third-order valence-electron chi connectivity index (χ3n) is 3.37. The number of hydrogen-bond donors (Lipinski definition) is 2. The number of nitrogens with one attached hydrogen (secondary N) is 2. The van der Waals surface area contributed by atoms with Crippen molar-refractivity contribution < 1.29 is 9.53 Å². The lowest BCUT2D eigenvalue weighted by molar-refractivity contribution is -0.116. The summed E-state index contributed by atoms with van der Waals surface area (Å²) in [5.74, 6) is 0.509. The van der Waals surface area contributed by atoms with Crippen LogP contribution in [0.3, 0.4) is 0 Å². The summed E-state index contributed by atoms with van der Waals surface area (Å²) in [6.07, 6.45) is 5.45. The zero-order chi connectivity index (χ0) is 16.5. The molecule has 1 amide bonds. The second kappa shape index (κ2) is 8.78. The van der Waals surface area contributed by atoms with Crippen molar-refractivity contribution in [1.82, 2.24) is 10.3 Å². The molecule has 122 valence electrons. The van der Waals surface area contributed by atoms with Gasteiger partial charge in [-0.1, -0.05) is 37.6 Å². The highest BCUT2D eigenvalue weighted by molar-refractivity contribution is 5.92. The van der Waals surface area contributed by atoms with E-state index >= 15 is 0 Å². The van der Waals surface area contributed by atoms with E-state index in [1.54, 1.807) is 13.2 Å². The number of nitrogens with zero attached hydrogens (tertiary/aromatic N) is 1. The molecule has 0 radical (unpaired) electrons. The molecule has 23 heavy (non-hydrogen) atoms. The van der Waals surface area contributed by atoms with Crippen LogP contribution < -0.4 is 15.4 Å². The van der Waals surface area contributed by atoms with E-state index in [9.17, 15) is 4.79 Å². The van der Waals surface area contributed by atoms with Crippen LogP contribution in [0, 0.1) is 0 Å². The highest BCUT2D eigenvalue weighted by Gasteiger charge is 2.05. The van der Waals surface area contributed by atoms with Crippen LogP contribution in [-0.4, -0.2) is 31.1 Å². The molecule has 1 aromatic heterocycles. The van der Waals surface area contributed by atoms with E-state index in [-0.39, 0.29) is 5.91 Å². The number of anilines is 1. The number of hydrogen-bond acceptors (Lipinski definition) is 4. The van der Waals surface area contributed by atoms with E-state index in [2.05, 4.69) is 22.5 Å². The van der Waals surface area contributed by atoms with E-state index in [1.165, 1.54) is 0 Å². The number of rotatable bonds is 8. The molecule has 0 atom stereocenters. The van der Waals surface area contributed by atoms with Crippen LogP contribution >= 0.6 is 0 Å². The summed E-state index contributed by atoms with van der Waals surface area (Å²) in [6.45, 7) is 3.26. The van der Waals surface area contributed by atoms with E-state index in [0.29, 0.717) is 19.0 Å². The predicted molar refractivity (Wildman–Crippen MR) is 93.8 cm³/mol. The van der Waals surface area contributed by atoms with Crippen LogP contribution in [-0.2, 0) is 4.79 Å². The third-order valence-corrected chi connectivity index (χ3v) is 3.37. The molecule has 0 spiro atoms. The fraction of sp³-hybridized carbons (Fsp3) is 0.333. The lowest BCUT2D eigenvalue weighted by Gasteiger charge is -2.11. The molecule has 5 heteroatoms. The number of carbonyl (C=O) groups is 1. The van der Waals surface area contributed by atoms with Crippen LogP contribution in [0.2, 0.25) is 0 Å². The minimum atomic E-state index is -0.0579. The number of fused-ring (bicyclic) bond motifs is 1. The number of para-hydroxylation sites is 1. The Hall–Kier alpha value is -2.56. The Morgan fingerprint density at radius 2 is 2.13 bits per heavy atom. The summed E-state index contributed by atoms with van der Waals surface area (Å²) in [7, 11) is 1.60. The van der Waals surface area contributed by atoms with Crippen LogP contribution in [0.5, 0.6) is 5.88 Å². The molecule has 0 unspecified atom stereocenters. The first-order chi connectivity index (χ1) is 11.2. The van der Waals surface area contributed by atoms with E-state index in [0.717, 1.165) is 29.4 Å². The van der Waals surface area contributed by atoms with Gasteiger partial charge < -0.3 is 15.4 Å². The summed E-state index contributed by atoms with van der Waals surface area (Å²) in [6, 6.07) is 9.74. The normalized spacial score (nSPS) is 10.9. The topological polar surface area (TPSA) is 63.2 Å². The van der Waals surface area contributed by atoms with Gasteiger partial charge in [-0.15, -0.1) is 0 Å². The second-order valence-corrected chi connectivity index (χ2v) is 5.14. The van der Waals surface area contributed by atoms with Crippen molar-refractivity contribution >= 4 is 22.5 Å². The number of amides is 1. The molecule has 5 nitrogen and oxygen atoms in total. The van der Waals surface area contributed by atoms with Crippen molar-refractivity contribution in [2.24, 2.45) is 0 Å². The fourth-order valence-electron chi connectivity index (χ4n) is 2.20. The first-order valence-electron chi connectivity index (χ1n) is 7.86. The smallest absolute Gasteiger partial charge is 0.243 e. The molecule has 0 bridgehead atoms. The molecule has 1 aromatic carbocycles. The average Bonchev–Trinajstić information content (AvgIpc) is 2.58. The number of aromatic nitrogens is 1. The molecular weight excluding hydrogens is 290 g/mol. The summed E-state index contributed by atoms with van der Waals surface area (Å²) in [4.78, 5) is 16.0. The van der Waals surface area contributed by atoms with Crippen LogP contribution in [0.15, 0.2) is 42.5 Å². The van der Waals surface area contributed by atoms with Crippen LogP contribution in [0.4, 0.5) is 5.69 Å². The number of carbonyl (C=O) groups excluding carboxylic acids is 1. The molecular formula is C18H23N3O2. The summed E-state index contributed by atoms with van der Waals surface area (Å²) < 4.78 is 5.23. The first-order valence-corrected chi connectivity index (χ1v) is 7.86. The summed E-state index contributed by atoms with van der Waals surface area (Å²) in [5, 5.41) is 7.21. The number of pyridine rings is 1. The standard InChI is InChI=1S/C18H23N3O2/c1-3-4-5-10-17(22)20-12-11-19-16-13-18(23-2)21-15-9-7-6-8-14(15)16/h5-10,13H,3-4,11-12H2,1-2H3,(H,19,21)(H,20,22)/b10-5+. The van der Waals surface area contributed by atoms with Crippen molar-refractivity contribution in [2.45, 2.75) is 19.8 Å². The summed E-state index contributed by atoms with van der Waals surface area (Å²) >= 11 is 0. The average molecular weight is 313 g/mol. The number of methoxy groups -OCH3 is 1. The van der Waals surface area contributed by atoms with E-state index < -0.39 is 0 Å². The number of benzene rings is 1. The molecule has 0 saturated heterocycles. The highest BCUT2D eigenvalue weighted by atomic mass is 16.5. The first kappa shape index (κ1) is 16.8. The molecule has 2 aromatic rings. The Kier molecular flexibility index (Phi) is 6.41. The van der Waals surface area contributed by atoms with Crippen LogP contribution in [0.1, 0.15) is 19.8 Å². The van der Waals surface area contributed by atoms with Gasteiger partial charge in [-0.05, 0) is 18.6 Å². The predicted octanol–water partition coefficient (Wildman–Crippen LogP) is 3.13. The molecule has 2 rings (SSSR count). The number of allylic oxidation sites excluding steroid dienone is 1. The van der Waals surface area contributed by atoms with Gasteiger partial charge in [0.15, 0.2) is 0 Å². The van der Waals surface area contributed by atoms with Crippen molar-refractivity contribution in [3.05, 3.63) is 42.5 Å². The maximum Gasteiger partial charge on any atom is 0.243 e. The highest BCUT2D eigenvalue weighted by Crippen LogP contribution is 2.25. The van der Waals surface area contributed by atoms with Crippen LogP contribution in [0.25, 0.3) is 10.9 Å². The van der Waals surface area contributed by atoms with Gasteiger partial charge in [0.1, 0.15) is 0 Å². The van der Waals surface area contributed by atoms with Gasteiger partial charge in [0.2, 0.25) is 11.8 Å². The lowest BCUT2D eigenvalue weighted by atomic mass is 10.2. The largest absolute Gasteiger partial charge is 0.481 e. The lowest BCUT2D eigenvalue weighted by Crippen LogP contribution is -2.27. The zero-order valence-corrected chi connectivity index (χ0v) is 13.6. The van der Waals surface area contributed by atoms with Gasteiger partial charge >= 0.3 is 0 Å². The van der Waals surface area contributed by atoms with Gasteiger partial charge in [0, 0.05) is 30.2 Å². The Morgan fingerprint density at radius 1 is 1.30 bits per heavy atom. The molecule has 1 heterocycles. The molecule has 2 N–H and O–H groups in total. The SMILES string of the molecule is CCC/C=C/C(=O)NCCNc1cc(OC)nc2ccccc12. The molecule has 0 aliphatic carbocycles. The Morgan fingerprint density at radius 3 is 2.91 bits per heavy atom. The summed E-state index contributed by atoms with van der Waals surface area (Å²) in [5.41, 5.74) is 1.82. The Labute approximate surface area is 136 Å². The number of unbranched alkanes of at least 4 members (excludes halogenated alkanes) is 1. The van der Waals surface area contributed by atoms with Crippen molar-refractivity contribution in [3.8, 4) is 5.88 Å². The maximum absolute atomic E-state index is 11.6. The Bertz CT molecular complexity index is 683.